The van der Waals surface area contributed by atoms with Crippen molar-refractivity contribution in [2.24, 2.45) is 0 Å². The number of benzene rings is 1. The van der Waals surface area contributed by atoms with Crippen LogP contribution in [0.4, 0.5) is 14.5 Å². The quantitative estimate of drug-likeness (QED) is 0.686. The van der Waals surface area contributed by atoms with Crippen LogP contribution >= 0.6 is 15.9 Å². The van der Waals surface area contributed by atoms with Crippen LogP contribution in [0.5, 0.6) is 0 Å². The number of hydrogen-bond acceptors (Lipinski definition) is 3. The predicted molar refractivity (Wildman–Crippen MR) is 63.1 cm³/mol. The summed E-state index contributed by atoms with van der Waals surface area (Å²) in [5.41, 5.74) is -0.341. The highest BCUT2D eigenvalue weighted by molar-refractivity contribution is 9.10. The molecule has 4 nitrogen and oxygen atoms in total. The van der Waals surface area contributed by atoms with E-state index in [1.165, 1.54) is 6.07 Å². The third-order valence-corrected chi connectivity index (χ3v) is 2.94. The van der Waals surface area contributed by atoms with E-state index < -0.39 is 10.8 Å². The molecule has 0 bridgehead atoms. The van der Waals surface area contributed by atoms with Crippen molar-refractivity contribution >= 4 is 21.6 Å². The van der Waals surface area contributed by atoms with Crippen LogP contribution in [-0.2, 0) is 12.5 Å². The van der Waals surface area contributed by atoms with Crippen LogP contribution in [0.3, 0.4) is 0 Å². The monoisotopic (exact) mass is 308 g/mol. The fraction of sp³-hybridized carbons (Fsp3) is 0.400. The molecule has 0 unspecified atom stereocenters. The SMILES string of the molecule is CNCc1c(Br)cc(C(C)(F)F)cc1[N+](=O)[O-]. The summed E-state index contributed by atoms with van der Waals surface area (Å²) in [6, 6.07) is 2.12. The molecule has 0 saturated carbocycles. The summed E-state index contributed by atoms with van der Waals surface area (Å²) >= 11 is 3.08. The largest absolute Gasteiger partial charge is 0.315 e. The smallest absolute Gasteiger partial charge is 0.275 e. The molecule has 7 heteroatoms. The van der Waals surface area contributed by atoms with Gasteiger partial charge in [-0.05, 0) is 13.1 Å². The topological polar surface area (TPSA) is 55.2 Å². The van der Waals surface area contributed by atoms with Crippen LogP contribution in [0, 0.1) is 10.1 Å². The average Bonchev–Trinajstić information content (AvgIpc) is 2.18. The van der Waals surface area contributed by atoms with E-state index in [1.54, 1.807) is 7.05 Å². The fourth-order valence-corrected chi connectivity index (χ4v) is 1.98. The Morgan fingerprint density at radius 3 is 2.53 bits per heavy atom. The van der Waals surface area contributed by atoms with E-state index in [2.05, 4.69) is 21.2 Å². The maximum Gasteiger partial charge on any atom is 0.275 e. The molecule has 0 atom stereocenters. The minimum Gasteiger partial charge on any atom is -0.315 e. The number of alkyl halides is 2. The molecule has 1 aromatic carbocycles. The van der Waals surface area contributed by atoms with Crippen LogP contribution in [0.2, 0.25) is 0 Å². The standard InChI is InChI=1S/C10H11BrF2N2O2/c1-10(12,13)6-3-8(11)7(5-14-2)9(4-6)15(16)17/h3-4,14H,5H2,1-2H3. The minimum absolute atomic E-state index is 0.229. The Balaban J connectivity index is 3.41. The second kappa shape index (κ2) is 5.05. The van der Waals surface area contributed by atoms with E-state index in [-0.39, 0.29) is 17.8 Å². The van der Waals surface area contributed by atoms with Gasteiger partial charge >= 0.3 is 0 Å². The van der Waals surface area contributed by atoms with Crippen molar-refractivity contribution in [3.63, 3.8) is 0 Å². The molecule has 0 fully saturated rings. The molecular weight excluding hydrogens is 298 g/mol. The molecule has 94 valence electrons. The number of hydrogen-bond donors (Lipinski definition) is 1. The lowest BCUT2D eigenvalue weighted by Crippen LogP contribution is -2.12. The van der Waals surface area contributed by atoms with Crippen LogP contribution in [-0.4, -0.2) is 12.0 Å². The van der Waals surface area contributed by atoms with Gasteiger partial charge in [-0.1, -0.05) is 15.9 Å². The second-order valence-electron chi connectivity index (χ2n) is 3.63. The van der Waals surface area contributed by atoms with E-state index in [4.69, 9.17) is 0 Å². The van der Waals surface area contributed by atoms with Gasteiger partial charge in [0.05, 0.1) is 10.5 Å². The Morgan fingerprint density at radius 1 is 1.53 bits per heavy atom. The van der Waals surface area contributed by atoms with E-state index >= 15 is 0 Å². The Kier molecular flexibility index (Phi) is 4.16. The molecule has 0 heterocycles. The van der Waals surface area contributed by atoms with Crippen molar-refractivity contribution < 1.29 is 13.7 Å². The fourth-order valence-electron chi connectivity index (χ4n) is 1.39. The summed E-state index contributed by atoms with van der Waals surface area (Å²) in [5.74, 6) is -3.11. The highest BCUT2D eigenvalue weighted by Gasteiger charge is 2.29. The summed E-state index contributed by atoms with van der Waals surface area (Å²) < 4.78 is 26.6. The van der Waals surface area contributed by atoms with Gasteiger partial charge in [-0.25, -0.2) is 8.78 Å². The molecule has 0 saturated heterocycles. The number of nitro groups is 1. The summed E-state index contributed by atoms with van der Waals surface area (Å²) in [6.07, 6.45) is 0. The van der Waals surface area contributed by atoms with Gasteiger partial charge in [0.25, 0.3) is 11.6 Å². The van der Waals surface area contributed by atoms with Crippen molar-refractivity contribution in [3.05, 3.63) is 37.8 Å². The van der Waals surface area contributed by atoms with Crippen molar-refractivity contribution in [3.8, 4) is 0 Å². The first kappa shape index (κ1) is 14.0. The number of nitrogens with zero attached hydrogens (tertiary/aromatic N) is 1. The molecule has 17 heavy (non-hydrogen) atoms. The third kappa shape index (κ3) is 3.19. The highest BCUT2D eigenvalue weighted by Crippen LogP contribution is 2.35. The van der Waals surface area contributed by atoms with Gasteiger partial charge < -0.3 is 5.32 Å². The van der Waals surface area contributed by atoms with Crippen molar-refractivity contribution in [1.29, 1.82) is 0 Å². The molecule has 0 spiro atoms. The summed E-state index contributed by atoms with van der Waals surface area (Å²) in [6.45, 7) is 0.933. The van der Waals surface area contributed by atoms with Crippen LogP contribution < -0.4 is 5.32 Å². The molecule has 0 radical (unpaired) electrons. The molecule has 1 aromatic rings. The van der Waals surface area contributed by atoms with Crippen LogP contribution in [0.25, 0.3) is 0 Å². The van der Waals surface area contributed by atoms with E-state index in [0.29, 0.717) is 17.0 Å². The molecule has 0 aliphatic heterocycles. The first-order chi connectivity index (χ1) is 7.77. The molecule has 1 N–H and O–H groups in total. The van der Waals surface area contributed by atoms with Crippen LogP contribution in [0.15, 0.2) is 16.6 Å². The normalized spacial score (nSPS) is 11.6. The summed E-state index contributed by atoms with van der Waals surface area (Å²) in [5, 5.41) is 13.6. The number of nitro benzene ring substituents is 1. The number of rotatable bonds is 4. The van der Waals surface area contributed by atoms with Gasteiger partial charge in [0.2, 0.25) is 0 Å². The zero-order valence-corrected chi connectivity index (χ0v) is 10.8. The zero-order chi connectivity index (χ0) is 13.2. The van der Waals surface area contributed by atoms with Gasteiger partial charge in [0.15, 0.2) is 0 Å². The molecule has 0 aliphatic rings. The Labute approximate surface area is 105 Å². The van der Waals surface area contributed by atoms with E-state index in [9.17, 15) is 18.9 Å². The first-order valence-corrected chi connectivity index (χ1v) is 5.56. The van der Waals surface area contributed by atoms with Gasteiger partial charge in [0.1, 0.15) is 0 Å². The molecule has 0 amide bonds. The molecule has 1 rings (SSSR count). The van der Waals surface area contributed by atoms with Crippen molar-refractivity contribution in [2.45, 2.75) is 19.4 Å². The van der Waals surface area contributed by atoms with Gasteiger partial charge in [-0.3, -0.25) is 10.1 Å². The summed E-state index contributed by atoms with van der Waals surface area (Å²) in [7, 11) is 1.62. The predicted octanol–water partition coefficient (Wildman–Crippen LogP) is 3.19. The Morgan fingerprint density at radius 2 is 2.12 bits per heavy atom. The summed E-state index contributed by atoms with van der Waals surface area (Å²) in [4.78, 5) is 10.2. The highest BCUT2D eigenvalue weighted by atomic mass is 79.9. The maximum absolute atomic E-state index is 13.1. The van der Waals surface area contributed by atoms with Gasteiger partial charge in [-0.15, -0.1) is 0 Å². The lowest BCUT2D eigenvalue weighted by atomic mass is 10.1. The van der Waals surface area contributed by atoms with Gasteiger partial charge in [0, 0.05) is 29.6 Å². The molecule has 0 aliphatic carbocycles. The minimum atomic E-state index is -3.11. The first-order valence-electron chi connectivity index (χ1n) is 4.77. The number of halogens is 3. The van der Waals surface area contributed by atoms with E-state index in [1.807, 2.05) is 0 Å². The van der Waals surface area contributed by atoms with Gasteiger partial charge in [-0.2, -0.15) is 0 Å². The average molecular weight is 309 g/mol. The van der Waals surface area contributed by atoms with Crippen molar-refractivity contribution in [2.75, 3.05) is 7.05 Å². The number of nitrogens with one attached hydrogen (secondary N) is 1. The lowest BCUT2D eigenvalue weighted by molar-refractivity contribution is -0.385. The van der Waals surface area contributed by atoms with Crippen LogP contribution in [0.1, 0.15) is 18.1 Å². The lowest BCUT2D eigenvalue weighted by Gasteiger charge is -2.13. The molecular formula is C10H11BrF2N2O2. The zero-order valence-electron chi connectivity index (χ0n) is 9.26. The maximum atomic E-state index is 13.1. The molecule has 0 aromatic heterocycles. The Hall–Kier alpha value is -1.08. The van der Waals surface area contributed by atoms with Crippen molar-refractivity contribution in [1.82, 2.24) is 5.32 Å². The Bertz CT molecular complexity index is 447. The third-order valence-electron chi connectivity index (χ3n) is 2.23. The second-order valence-corrected chi connectivity index (χ2v) is 4.49. The van der Waals surface area contributed by atoms with E-state index in [0.717, 1.165) is 6.07 Å².